The van der Waals surface area contributed by atoms with Crippen molar-refractivity contribution in [3.05, 3.63) is 28.2 Å². The van der Waals surface area contributed by atoms with E-state index in [2.05, 4.69) is 17.6 Å². The second-order valence-electron chi connectivity index (χ2n) is 4.52. The molecule has 5 heteroatoms. The van der Waals surface area contributed by atoms with Gasteiger partial charge < -0.3 is 10.6 Å². The van der Waals surface area contributed by atoms with Gasteiger partial charge in [0.15, 0.2) is 0 Å². The van der Waals surface area contributed by atoms with Crippen molar-refractivity contribution in [3.8, 4) is 0 Å². The number of nitrogens with one attached hydrogen (secondary N) is 2. The molecule has 1 aromatic rings. The maximum Gasteiger partial charge on any atom is 0.242 e. The van der Waals surface area contributed by atoms with E-state index in [1.807, 2.05) is 6.92 Å². The summed E-state index contributed by atoms with van der Waals surface area (Å²) >= 11 is 11.8. The van der Waals surface area contributed by atoms with E-state index in [-0.39, 0.29) is 11.9 Å². The van der Waals surface area contributed by atoms with Crippen LogP contribution in [0.3, 0.4) is 0 Å². The maximum atomic E-state index is 11.8. The quantitative estimate of drug-likeness (QED) is 0.745. The first-order chi connectivity index (χ1) is 9.02. The highest BCUT2D eigenvalue weighted by Gasteiger charge is 2.12. The highest BCUT2D eigenvalue weighted by molar-refractivity contribution is 6.35. The maximum absolute atomic E-state index is 11.8. The van der Waals surface area contributed by atoms with Gasteiger partial charge in [0, 0.05) is 22.3 Å². The molecule has 0 aliphatic heterocycles. The number of anilines is 1. The van der Waals surface area contributed by atoms with E-state index in [1.54, 1.807) is 18.2 Å². The molecular formula is C14H20Cl2N2O. The topological polar surface area (TPSA) is 41.1 Å². The summed E-state index contributed by atoms with van der Waals surface area (Å²) in [5, 5.41) is 7.08. The number of hydrogen-bond donors (Lipinski definition) is 2. The Bertz CT molecular complexity index is 404. The minimum Gasteiger partial charge on any atom is -0.374 e. The molecule has 0 aliphatic rings. The third-order valence-electron chi connectivity index (χ3n) is 2.72. The number of halogens is 2. The average molecular weight is 303 g/mol. The molecule has 0 radical (unpaired) electrons. The molecule has 2 N–H and O–H groups in total. The second-order valence-corrected chi connectivity index (χ2v) is 5.40. The summed E-state index contributed by atoms with van der Waals surface area (Å²) in [6.07, 6.45) is 3.29. The third kappa shape index (κ3) is 6.17. The normalized spacial score (nSPS) is 12.0. The first-order valence-corrected chi connectivity index (χ1v) is 7.29. The number of amides is 1. The lowest BCUT2D eigenvalue weighted by Crippen LogP contribution is -2.38. The molecule has 1 rings (SSSR count). The Kier molecular flexibility index (Phi) is 7.03. The summed E-state index contributed by atoms with van der Waals surface area (Å²) in [4.78, 5) is 11.8. The van der Waals surface area contributed by atoms with E-state index in [0.29, 0.717) is 10.0 Å². The lowest BCUT2D eigenvalue weighted by atomic mass is 10.2. The Morgan fingerprint density at radius 1 is 1.21 bits per heavy atom. The fourth-order valence-electron chi connectivity index (χ4n) is 1.69. The van der Waals surface area contributed by atoms with Crippen LogP contribution in [0.1, 0.15) is 33.1 Å². The first kappa shape index (κ1) is 16.1. The Morgan fingerprint density at radius 2 is 1.84 bits per heavy atom. The molecule has 0 saturated carbocycles. The summed E-state index contributed by atoms with van der Waals surface area (Å²) in [5.74, 6) is -0.0211. The molecule has 0 heterocycles. The molecule has 0 saturated heterocycles. The van der Waals surface area contributed by atoms with Crippen molar-refractivity contribution in [1.29, 1.82) is 0 Å². The van der Waals surface area contributed by atoms with Gasteiger partial charge in [-0.3, -0.25) is 4.79 Å². The van der Waals surface area contributed by atoms with Crippen LogP contribution in [-0.4, -0.2) is 18.5 Å². The summed E-state index contributed by atoms with van der Waals surface area (Å²) in [5.41, 5.74) is 0.744. The number of unbranched alkanes of at least 4 members (excludes halogenated alkanes) is 2. The molecule has 0 aromatic heterocycles. The summed E-state index contributed by atoms with van der Waals surface area (Å²) < 4.78 is 0. The minimum atomic E-state index is -0.323. The third-order valence-corrected chi connectivity index (χ3v) is 3.16. The van der Waals surface area contributed by atoms with Gasteiger partial charge in [-0.25, -0.2) is 0 Å². The van der Waals surface area contributed by atoms with Crippen LogP contribution in [-0.2, 0) is 4.79 Å². The van der Waals surface area contributed by atoms with Crippen molar-refractivity contribution in [2.45, 2.75) is 39.2 Å². The van der Waals surface area contributed by atoms with Crippen molar-refractivity contribution < 1.29 is 4.79 Å². The van der Waals surface area contributed by atoms with E-state index in [0.717, 1.165) is 31.5 Å². The Hall–Kier alpha value is -0.930. The lowest BCUT2D eigenvalue weighted by molar-refractivity contribution is -0.121. The van der Waals surface area contributed by atoms with E-state index < -0.39 is 0 Å². The molecule has 1 atom stereocenters. The fourth-order valence-corrected chi connectivity index (χ4v) is 2.22. The predicted octanol–water partition coefficient (Wildman–Crippen LogP) is 4.10. The van der Waals surface area contributed by atoms with Crippen LogP contribution in [0, 0.1) is 0 Å². The molecule has 0 bridgehead atoms. The predicted molar refractivity (Wildman–Crippen MR) is 82.1 cm³/mol. The summed E-state index contributed by atoms with van der Waals surface area (Å²) in [7, 11) is 0. The Balaban J connectivity index is 2.44. The van der Waals surface area contributed by atoms with Crippen LogP contribution < -0.4 is 10.6 Å². The molecule has 1 aromatic carbocycles. The Morgan fingerprint density at radius 3 is 2.42 bits per heavy atom. The van der Waals surface area contributed by atoms with Crippen molar-refractivity contribution in [3.63, 3.8) is 0 Å². The largest absolute Gasteiger partial charge is 0.374 e. The van der Waals surface area contributed by atoms with Crippen molar-refractivity contribution in [2.24, 2.45) is 0 Å². The van der Waals surface area contributed by atoms with E-state index >= 15 is 0 Å². The van der Waals surface area contributed by atoms with Gasteiger partial charge in [-0.1, -0.05) is 43.0 Å². The van der Waals surface area contributed by atoms with Gasteiger partial charge in [0.2, 0.25) is 5.91 Å². The smallest absolute Gasteiger partial charge is 0.242 e. The van der Waals surface area contributed by atoms with E-state index in [4.69, 9.17) is 23.2 Å². The lowest BCUT2D eigenvalue weighted by Gasteiger charge is -2.15. The highest BCUT2D eigenvalue weighted by Crippen LogP contribution is 2.22. The number of hydrogen-bond acceptors (Lipinski definition) is 2. The molecular weight excluding hydrogens is 283 g/mol. The molecule has 1 amide bonds. The molecule has 3 nitrogen and oxygen atoms in total. The number of benzene rings is 1. The average Bonchev–Trinajstić information content (AvgIpc) is 2.33. The second kappa shape index (κ2) is 8.28. The monoisotopic (exact) mass is 302 g/mol. The number of carbonyl (C=O) groups is 1. The summed E-state index contributed by atoms with van der Waals surface area (Å²) in [6.45, 7) is 4.66. The van der Waals surface area contributed by atoms with Crippen LogP contribution in [0.5, 0.6) is 0 Å². The molecule has 0 spiro atoms. The van der Waals surface area contributed by atoms with Gasteiger partial charge in [0.1, 0.15) is 6.04 Å². The van der Waals surface area contributed by atoms with Crippen molar-refractivity contribution >= 4 is 34.8 Å². The molecule has 1 unspecified atom stereocenters. The molecule has 0 fully saturated rings. The minimum absolute atomic E-state index is 0.0211. The van der Waals surface area contributed by atoms with E-state index in [1.165, 1.54) is 0 Å². The van der Waals surface area contributed by atoms with Crippen LogP contribution in [0.15, 0.2) is 18.2 Å². The summed E-state index contributed by atoms with van der Waals surface area (Å²) in [6, 6.07) is 4.82. The van der Waals surface area contributed by atoms with Crippen LogP contribution in [0.2, 0.25) is 10.0 Å². The van der Waals surface area contributed by atoms with Gasteiger partial charge in [-0.2, -0.15) is 0 Å². The van der Waals surface area contributed by atoms with Gasteiger partial charge in [0.05, 0.1) is 0 Å². The van der Waals surface area contributed by atoms with Gasteiger partial charge in [-0.05, 0) is 31.5 Å². The van der Waals surface area contributed by atoms with E-state index in [9.17, 15) is 4.79 Å². The van der Waals surface area contributed by atoms with Gasteiger partial charge in [-0.15, -0.1) is 0 Å². The SMILES string of the molecule is CCCCCNC(=O)C(C)Nc1cc(Cl)cc(Cl)c1. The van der Waals surface area contributed by atoms with Crippen LogP contribution in [0.25, 0.3) is 0 Å². The zero-order chi connectivity index (χ0) is 14.3. The fraction of sp³-hybridized carbons (Fsp3) is 0.500. The zero-order valence-corrected chi connectivity index (χ0v) is 12.8. The van der Waals surface area contributed by atoms with Gasteiger partial charge >= 0.3 is 0 Å². The molecule has 106 valence electrons. The van der Waals surface area contributed by atoms with Crippen molar-refractivity contribution in [1.82, 2.24) is 5.32 Å². The number of rotatable bonds is 7. The van der Waals surface area contributed by atoms with Crippen LogP contribution >= 0.6 is 23.2 Å². The van der Waals surface area contributed by atoms with Crippen molar-refractivity contribution in [2.75, 3.05) is 11.9 Å². The standard InChI is InChI=1S/C14H20Cl2N2O/c1-3-4-5-6-17-14(19)10(2)18-13-8-11(15)7-12(16)9-13/h7-10,18H,3-6H2,1-2H3,(H,17,19). The molecule has 0 aliphatic carbocycles. The van der Waals surface area contributed by atoms with Gasteiger partial charge in [0.25, 0.3) is 0 Å². The number of carbonyl (C=O) groups excluding carboxylic acids is 1. The Labute approximate surface area is 124 Å². The molecule has 19 heavy (non-hydrogen) atoms. The highest BCUT2D eigenvalue weighted by atomic mass is 35.5. The zero-order valence-electron chi connectivity index (χ0n) is 11.3. The first-order valence-electron chi connectivity index (χ1n) is 6.53. The van der Waals surface area contributed by atoms with Crippen LogP contribution in [0.4, 0.5) is 5.69 Å².